The highest BCUT2D eigenvalue weighted by atomic mass is 32.2. The van der Waals surface area contributed by atoms with Crippen LogP contribution in [0.1, 0.15) is 17.0 Å². The lowest BCUT2D eigenvalue weighted by Gasteiger charge is -2.06. The number of sulfone groups is 1. The molecule has 0 unspecified atom stereocenters. The van der Waals surface area contributed by atoms with Crippen LogP contribution in [0.5, 0.6) is 5.75 Å². The quantitative estimate of drug-likeness (QED) is 0.888. The summed E-state index contributed by atoms with van der Waals surface area (Å²) < 4.78 is 31.2. The topological polar surface area (TPSA) is 87.4 Å². The average Bonchev–Trinajstić information content (AvgIpc) is 3.33. The van der Waals surface area contributed by atoms with Gasteiger partial charge in [-0.15, -0.1) is 0 Å². The third-order valence-corrected chi connectivity index (χ3v) is 7.18. The largest absolute Gasteiger partial charge is 0.497 e. The number of ether oxygens (including phenoxy) is 1. The Morgan fingerprint density at radius 1 is 1.16 bits per heavy atom. The molecule has 0 radical (unpaired) electrons. The van der Waals surface area contributed by atoms with Gasteiger partial charge in [-0.1, -0.05) is 29.8 Å². The first kappa shape index (κ1) is 17.5. The van der Waals surface area contributed by atoms with Crippen molar-refractivity contribution in [3.63, 3.8) is 0 Å². The first-order valence-corrected chi connectivity index (χ1v) is 9.42. The van der Waals surface area contributed by atoms with Gasteiger partial charge in [-0.05, 0) is 36.8 Å². The molecule has 5 nitrogen and oxygen atoms in total. The van der Waals surface area contributed by atoms with Gasteiger partial charge in [0, 0.05) is 5.92 Å². The van der Waals surface area contributed by atoms with Gasteiger partial charge in [0.1, 0.15) is 11.2 Å². The summed E-state index contributed by atoms with van der Waals surface area (Å²) in [5, 5.41) is 18.5. The van der Waals surface area contributed by atoms with Crippen molar-refractivity contribution >= 4 is 9.84 Å². The summed E-state index contributed by atoms with van der Waals surface area (Å²) in [5.41, 5.74) is 0.338. The predicted molar refractivity (Wildman–Crippen MR) is 93.0 cm³/mol. The van der Waals surface area contributed by atoms with Crippen molar-refractivity contribution < 1.29 is 18.3 Å². The normalized spacial score (nSPS) is 25.2. The van der Waals surface area contributed by atoms with Crippen LogP contribution in [-0.2, 0) is 9.84 Å². The minimum absolute atomic E-state index is 0.173. The lowest BCUT2D eigenvalue weighted by Crippen LogP contribution is -2.18. The van der Waals surface area contributed by atoms with Crippen LogP contribution in [0.4, 0.5) is 0 Å². The molecule has 0 aliphatic heterocycles. The van der Waals surface area contributed by atoms with E-state index in [2.05, 4.69) is 6.07 Å². The molecule has 1 aliphatic rings. The maximum atomic E-state index is 13.1. The molecule has 25 heavy (non-hydrogen) atoms. The van der Waals surface area contributed by atoms with Gasteiger partial charge < -0.3 is 9.84 Å². The number of aryl methyl sites for hydroxylation is 1. The Morgan fingerprint density at radius 2 is 1.76 bits per heavy atom. The van der Waals surface area contributed by atoms with E-state index in [1.165, 1.54) is 0 Å². The Balaban J connectivity index is 2.04. The summed E-state index contributed by atoms with van der Waals surface area (Å²) in [6.45, 7) is 1.37. The number of aliphatic hydroxyl groups is 1. The molecule has 1 N–H and O–H groups in total. The summed E-state index contributed by atoms with van der Waals surface area (Å²) in [4.78, 5) is 0.173. The first-order chi connectivity index (χ1) is 11.9. The van der Waals surface area contributed by atoms with Crippen LogP contribution in [0.15, 0.2) is 53.4 Å². The van der Waals surface area contributed by atoms with Gasteiger partial charge in [-0.2, -0.15) is 5.26 Å². The van der Waals surface area contributed by atoms with Crippen LogP contribution in [0.2, 0.25) is 0 Å². The molecule has 3 atom stereocenters. The summed E-state index contributed by atoms with van der Waals surface area (Å²) in [6.07, 6.45) is 0. The highest BCUT2D eigenvalue weighted by Gasteiger charge is 2.72. The minimum atomic E-state index is -3.74. The van der Waals surface area contributed by atoms with Gasteiger partial charge in [-0.25, -0.2) is 8.42 Å². The van der Waals surface area contributed by atoms with E-state index in [4.69, 9.17) is 4.74 Å². The van der Waals surface area contributed by atoms with Crippen molar-refractivity contribution in [2.75, 3.05) is 13.7 Å². The molecular weight excluding hydrogens is 338 g/mol. The monoisotopic (exact) mass is 357 g/mol. The fourth-order valence-corrected chi connectivity index (χ4v) is 5.69. The molecule has 2 aromatic carbocycles. The SMILES string of the molecule is COc1ccc([C@H]2[C@H](S(=O)(=O)c3ccc(C)cc3)[C@@]2(C#N)CO)cc1. The average molecular weight is 357 g/mol. The smallest absolute Gasteiger partial charge is 0.183 e. The molecule has 0 saturated heterocycles. The van der Waals surface area contributed by atoms with E-state index < -0.39 is 33.0 Å². The molecule has 0 heterocycles. The van der Waals surface area contributed by atoms with Gasteiger partial charge >= 0.3 is 0 Å². The maximum Gasteiger partial charge on any atom is 0.183 e. The summed E-state index contributed by atoms with van der Waals surface area (Å²) in [7, 11) is -2.20. The lowest BCUT2D eigenvalue weighted by atomic mass is 10.0. The van der Waals surface area contributed by atoms with Crippen LogP contribution in [-0.4, -0.2) is 32.5 Å². The van der Waals surface area contributed by atoms with Crippen molar-refractivity contribution in [2.45, 2.75) is 23.0 Å². The number of aliphatic hydroxyl groups excluding tert-OH is 1. The van der Waals surface area contributed by atoms with E-state index in [-0.39, 0.29) is 4.90 Å². The second kappa shape index (κ2) is 6.17. The number of nitrogens with zero attached hydrogens (tertiary/aromatic N) is 1. The molecular formula is C19H19NO4S. The zero-order chi connectivity index (χ0) is 18.2. The molecule has 3 rings (SSSR count). The number of nitriles is 1. The summed E-state index contributed by atoms with van der Waals surface area (Å²) in [6, 6.07) is 15.5. The lowest BCUT2D eigenvalue weighted by molar-refractivity contribution is 0.242. The van der Waals surface area contributed by atoms with Crippen LogP contribution < -0.4 is 4.74 Å². The fourth-order valence-electron chi connectivity index (χ4n) is 3.38. The molecule has 0 bridgehead atoms. The van der Waals surface area contributed by atoms with Gasteiger partial charge in [0.15, 0.2) is 9.84 Å². The number of rotatable bonds is 5. The molecule has 0 spiro atoms. The van der Waals surface area contributed by atoms with Crippen molar-refractivity contribution in [3.8, 4) is 11.8 Å². The van der Waals surface area contributed by atoms with Crippen LogP contribution in [0, 0.1) is 23.7 Å². The summed E-state index contributed by atoms with van der Waals surface area (Å²) >= 11 is 0. The highest BCUT2D eigenvalue weighted by Crippen LogP contribution is 2.63. The second-order valence-corrected chi connectivity index (χ2v) is 8.41. The Labute approximate surface area is 147 Å². The summed E-state index contributed by atoms with van der Waals surface area (Å²) in [5.74, 6) is 0.0774. The molecule has 1 fully saturated rings. The maximum absolute atomic E-state index is 13.1. The van der Waals surface area contributed by atoms with E-state index in [1.54, 1.807) is 55.6 Å². The number of hydrogen-bond donors (Lipinski definition) is 1. The van der Waals surface area contributed by atoms with Gasteiger partial charge in [0.2, 0.25) is 0 Å². The van der Waals surface area contributed by atoms with Crippen LogP contribution in [0.3, 0.4) is 0 Å². The third-order valence-electron chi connectivity index (χ3n) is 4.88. The molecule has 2 aromatic rings. The van der Waals surface area contributed by atoms with E-state index >= 15 is 0 Å². The van der Waals surface area contributed by atoms with E-state index in [0.29, 0.717) is 11.3 Å². The minimum Gasteiger partial charge on any atom is -0.497 e. The number of hydrogen-bond acceptors (Lipinski definition) is 5. The number of methoxy groups -OCH3 is 1. The first-order valence-electron chi connectivity index (χ1n) is 7.87. The van der Waals surface area contributed by atoms with Gasteiger partial charge in [-0.3, -0.25) is 0 Å². The zero-order valence-corrected chi connectivity index (χ0v) is 14.8. The predicted octanol–water partition coefficient (Wildman–Crippen LogP) is 2.45. The van der Waals surface area contributed by atoms with E-state index in [9.17, 15) is 18.8 Å². The van der Waals surface area contributed by atoms with Crippen LogP contribution >= 0.6 is 0 Å². The Bertz CT molecular complexity index is 913. The Hall–Kier alpha value is -2.36. The number of benzene rings is 2. The Kier molecular flexibility index (Phi) is 4.31. The zero-order valence-electron chi connectivity index (χ0n) is 14.0. The second-order valence-electron chi connectivity index (χ2n) is 6.34. The van der Waals surface area contributed by atoms with Crippen molar-refractivity contribution in [1.29, 1.82) is 5.26 Å². The molecule has 6 heteroatoms. The van der Waals surface area contributed by atoms with Crippen molar-refractivity contribution in [3.05, 3.63) is 59.7 Å². The standard InChI is InChI=1S/C19H19NO4S/c1-13-3-9-16(10-4-13)25(22,23)18-17(19(18,11-20)12-21)14-5-7-15(24-2)8-6-14/h3-10,17-18,21H,12H2,1-2H3/t17-,18-,19-/m0/s1. The molecule has 0 amide bonds. The van der Waals surface area contributed by atoms with Crippen molar-refractivity contribution in [1.82, 2.24) is 0 Å². The molecule has 1 saturated carbocycles. The fraction of sp³-hybridized carbons (Fsp3) is 0.316. The van der Waals surface area contributed by atoms with Crippen molar-refractivity contribution in [2.24, 2.45) is 5.41 Å². The van der Waals surface area contributed by atoms with E-state index in [0.717, 1.165) is 5.56 Å². The van der Waals surface area contributed by atoms with Gasteiger partial charge in [0.25, 0.3) is 0 Å². The molecule has 1 aliphatic carbocycles. The Morgan fingerprint density at radius 3 is 2.24 bits per heavy atom. The molecule has 130 valence electrons. The molecule has 0 aromatic heterocycles. The third kappa shape index (κ3) is 2.70. The highest BCUT2D eigenvalue weighted by molar-refractivity contribution is 7.92. The van der Waals surface area contributed by atoms with Gasteiger partial charge in [0.05, 0.1) is 29.9 Å². The van der Waals surface area contributed by atoms with E-state index in [1.807, 2.05) is 6.92 Å². The van der Waals surface area contributed by atoms with Crippen LogP contribution in [0.25, 0.3) is 0 Å².